The number of fused-ring (bicyclic) bond motifs is 1. The molecule has 2 aromatic heterocycles. The minimum absolute atomic E-state index is 0.183. The van der Waals surface area contributed by atoms with Crippen molar-refractivity contribution in [1.82, 2.24) is 14.8 Å². The van der Waals surface area contributed by atoms with Crippen molar-refractivity contribution < 1.29 is 14.6 Å². The minimum atomic E-state index is -1.02. The lowest BCUT2D eigenvalue weighted by molar-refractivity contribution is 0.0699. The molecule has 0 unspecified atom stereocenters. The molecule has 1 N–H and O–H groups in total. The van der Waals surface area contributed by atoms with Gasteiger partial charge in [0.2, 0.25) is 0 Å². The summed E-state index contributed by atoms with van der Waals surface area (Å²) in [5.41, 5.74) is 4.26. The van der Waals surface area contributed by atoms with E-state index in [0.29, 0.717) is 22.3 Å². The average molecular weight is 373 g/mol. The number of carboxylic acid groups (broad SMARTS) is 1. The van der Waals surface area contributed by atoms with Crippen molar-refractivity contribution >= 4 is 16.9 Å². The van der Waals surface area contributed by atoms with E-state index < -0.39 is 5.97 Å². The third kappa shape index (κ3) is 2.89. The van der Waals surface area contributed by atoms with Gasteiger partial charge in [0, 0.05) is 16.6 Å². The number of nitrogens with zero attached hydrogens (tertiary/aromatic N) is 3. The number of carboxylic acids is 1. The van der Waals surface area contributed by atoms with Gasteiger partial charge >= 0.3 is 5.97 Å². The van der Waals surface area contributed by atoms with Crippen molar-refractivity contribution in [3.8, 4) is 22.7 Å². The van der Waals surface area contributed by atoms with Crippen molar-refractivity contribution in [3.05, 3.63) is 71.5 Å². The third-order valence-corrected chi connectivity index (χ3v) is 4.67. The molecule has 0 amide bonds. The molecule has 0 saturated heterocycles. The highest BCUT2D eigenvalue weighted by atomic mass is 16.5. The molecule has 4 aromatic rings. The Morgan fingerprint density at radius 3 is 2.39 bits per heavy atom. The molecule has 0 atom stereocenters. The number of hydrogen-bond donors (Lipinski definition) is 1. The summed E-state index contributed by atoms with van der Waals surface area (Å²) in [4.78, 5) is 17.1. The Bertz CT molecular complexity index is 1190. The molecule has 4 rings (SSSR count). The fourth-order valence-corrected chi connectivity index (χ4v) is 3.43. The molecule has 0 aliphatic carbocycles. The van der Waals surface area contributed by atoms with E-state index in [4.69, 9.17) is 9.72 Å². The smallest absolute Gasteiger partial charge is 0.338 e. The molecular formula is C22H19N3O3. The zero-order valence-corrected chi connectivity index (χ0v) is 15.8. The highest BCUT2D eigenvalue weighted by molar-refractivity contribution is 6.08. The molecule has 6 nitrogen and oxygen atoms in total. The summed E-state index contributed by atoms with van der Waals surface area (Å²) < 4.78 is 6.91. The number of ether oxygens (including phenoxy) is 1. The molecule has 6 heteroatoms. The lowest BCUT2D eigenvalue weighted by atomic mass is 10.0. The van der Waals surface area contributed by atoms with Gasteiger partial charge < -0.3 is 9.84 Å². The van der Waals surface area contributed by atoms with E-state index in [1.807, 2.05) is 62.4 Å². The molecule has 0 fully saturated rings. The highest BCUT2D eigenvalue weighted by Crippen LogP contribution is 2.34. The number of methoxy groups -OCH3 is 1. The van der Waals surface area contributed by atoms with Crippen molar-refractivity contribution in [3.63, 3.8) is 0 Å². The van der Waals surface area contributed by atoms with Crippen LogP contribution in [0.5, 0.6) is 5.75 Å². The van der Waals surface area contributed by atoms with Crippen molar-refractivity contribution in [2.24, 2.45) is 0 Å². The number of carbonyl (C=O) groups is 1. The van der Waals surface area contributed by atoms with Crippen LogP contribution in [0.2, 0.25) is 0 Å². The second-order valence-electron chi connectivity index (χ2n) is 6.57. The molecule has 28 heavy (non-hydrogen) atoms. The van der Waals surface area contributed by atoms with E-state index in [2.05, 4.69) is 5.10 Å². The van der Waals surface area contributed by atoms with Gasteiger partial charge in [-0.05, 0) is 50.2 Å². The van der Waals surface area contributed by atoms with Gasteiger partial charge in [-0.1, -0.05) is 18.2 Å². The lowest BCUT2D eigenvalue weighted by Gasteiger charge is -2.16. The van der Waals surface area contributed by atoms with Gasteiger partial charge in [0.1, 0.15) is 11.4 Å². The maximum atomic E-state index is 12.3. The molecule has 2 heterocycles. The standard InChI is InChI=1S/C22H19N3O3/c1-13-12-14(2)25(24-13)21-19(22(26)27)17-6-4-5-7-18(17)23-20(21)15-8-10-16(28-3)11-9-15/h4-12H,1-3H3,(H,26,27). The predicted molar refractivity (Wildman–Crippen MR) is 107 cm³/mol. The Kier molecular flexibility index (Phi) is 4.31. The van der Waals surface area contributed by atoms with Gasteiger partial charge in [-0.15, -0.1) is 0 Å². The largest absolute Gasteiger partial charge is 0.497 e. The summed E-state index contributed by atoms with van der Waals surface area (Å²) in [7, 11) is 1.60. The van der Waals surface area contributed by atoms with Gasteiger partial charge in [-0.3, -0.25) is 0 Å². The Morgan fingerprint density at radius 2 is 1.79 bits per heavy atom. The number of aryl methyl sites for hydroxylation is 2. The van der Waals surface area contributed by atoms with E-state index >= 15 is 0 Å². The van der Waals surface area contributed by atoms with Crippen LogP contribution in [0, 0.1) is 13.8 Å². The fraction of sp³-hybridized carbons (Fsp3) is 0.136. The molecule has 0 saturated carbocycles. The number of aromatic carboxylic acids is 1. The van der Waals surface area contributed by atoms with Gasteiger partial charge in [0.25, 0.3) is 0 Å². The van der Waals surface area contributed by atoms with Crippen LogP contribution in [-0.2, 0) is 0 Å². The van der Waals surface area contributed by atoms with Crippen LogP contribution in [0.3, 0.4) is 0 Å². The first-order valence-electron chi connectivity index (χ1n) is 8.83. The Balaban J connectivity index is 2.14. The summed E-state index contributed by atoms with van der Waals surface area (Å²) in [6.45, 7) is 3.78. The molecule has 0 aliphatic heterocycles. The molecule has 0 radical (unpaired) electrons. The monoisotopic (exact) mass is 373 g/mol. The van der Waals surface area contributed by atoms with Gasteiger partial charge in [0.05, 0.1) is 29.6 Å². The first-order chi connectivity index (χ1) is 13.5. The van der Waals surface area contributed by atoms with E-state index in [-0.39, 0.29) is 5.56 Å². The minimum Gasteiger partial charge on any atom is -0.497 e. The first kappa shape index (κ1) is 17.7. The summed E-state index contributed by atoms with van der Waals surface area (Å²) in [5, 5.41) is 15.2. The van der Waals surface area contributed by atoms with Crippen LogP contribution in [-0.4, -0.2) is 33.0 Å². The Morgan fingerprint density at radius 1 is 1.07 bits per heavy atom. The topological polar surface area (TPSA) is 77.2 Å². The van der Waals surface area contributed by atoms with Crippen LogP contribution < -0.4 is 4.74 Å². The SMILES string of the molecule is COc1ccc(-c2nc3ccccc3c(C(=O)O)c2-n2nc(C)cc2C)cc1. The first-order valence-corrected chi connectivity index (χ1v) is 8.83. The molecule has 2 aromatic carbocycles. The maximum Gasteiger partial charge on any atom is 0.338 e. The summed E-state index contributed by atoms with van der Waals surface area (Å²) >= 11 is 0. The molecular weight excluding hydrogens is 354 g/mol. The summed E-state index contributed by atoms with van der Waals surface area (Å²) in [6.07, 6.45) is 0. The van der Waals surface area contributed by atoms with Crippen molar-refractivity contribution in [2.45, 2.75) is 13.8 Å². The number of hydrogen-bond acceptors (Lipinski definition) is 4. The van der Waals surface area contributed by atoms with Gasteiger partial charge in [-0.25, -0.2) is 14.5 Å². The molecule has 0 spiro atoms. The number of benzene rings is 2. The second kappa shape index (κ2) is 6.81. The van der Waals surface area contributed by atoms with Crippen LogP contribution >= 0.6 is 0 Å². The maximum absolute atomic E-state index is 12.3. The van der Waals surface area contributed by atoms with Crippen LogP contribution in [0.25, 0.3) is 27.8 Å². The van der Waals surface area contributed by atoms with Crippen LogP contribution in [0.4, 0.5) is 0 Å². The molecule has 0 aliphatic rings. The van der Waals surface area contributed by atoms with Gasteiger partial charge in [0.15, 0.2) is 0 Å². The van der Waals surface area contributed by atoms with E-state index in [1.54, 1.807) is 17.9 Å². The quantitative estimate of drug-likeness (QED) is 0.573. The van der Waals surface area contributed by atoms with Crippen LogP contribution in [0.15, 0.2) is 54.6 Å². The van der Waals surface area contributed by atoms with E-state index in [1.165, 1.54) is 0 Å². The van der Waals surface area contributed by atoms with Crippen LogP contribution in [0.1, 0.15) is 21.7 Å². The Hall–Kier alpha value is -3.67. The second-order valence-corrected chi connectivity index (χ2v) is 6.57. The zero-order chi connectivity index (χ0) is 19.8. The highest BCUT2D eigenvalue weighted by Gasteiger charge is 2.24. The van der Waals surface area contributed by atoms with E-state index in [9.17, 15) is 9.90 Å². The number of aromatic nitrogens is 3. The number of para-hydroxylation sites is 1. The van der Waals surface area contributed by atoms with Crippen molar-refractivity contribution in [1.29, 1.82) is 0 Å². The summed E-state index contributed by atoms with van der Waals surface area (Å²) in [6, 6.07) is 16.6. The summed E-state index contributed by atoms with van der Waals surface area (Å²) in [5.74, 6) is -0.299. The van der Waals surface area contributed by atoms with E-state index in [0.717, 1.165) is 22.7 Å². The molecule has 140 valence electrons. The van der Waals surface area contributed by atoms with Gasteiger partial charge in [-0.2, -0.15) is 5.10 Å². The average Bonchev–Trinajstić information content (AvgIpc) is 3.04. The number of rotatable bonds is 4. The fourth-order valence-electron chi connectivity index (χ4n) is 3.43. The zero-order valence-electron chi connectivity index (χ0n) is 15.8. The normalized spacial score (nSPS) is 11.0. The Labute approximate surface area is 162 Å². The predicted octanol–water partition coefficient (Wildman–Crippen LogP) is 4.41. The third-order valence-electron chi connectivity index (χ3n) is 4.67. The molecule has 0 bridgehead atoms. The van der Waals surface area contributed by atoms with Crippen molar-refractivity contribution in [2.75, 3.05) is 7.11 Å². The number of pyridine rings is 1. The lowest BCUT2D eigenvalue weighted by Crippen LogP contribution is -2.12.